The second-order valence-corrected chi connectivity index (χ2v) is 5.51. The van der Waals surface area contributed by atoms with Crippen molar-refractivity contribution < 1.29 is 9.72 Å². The Balaban J connectivity index is 2.28. The summed E-state index contributed by atoms with van der Waals surface area (Å²) in [7, 11) is 1.59. The molecule has 0 radical (unpaired) electrons. The summed E-state index contributed by atoms with van der Waals surface area (Å²) in [5.74, 6) is -0.400. The van der Waals surface area contributed by atoms with Crippen LogP contribution in [0.2, 0.25) is 0 Å². The van der Waals surface area contributed by atoms with Gasteiger partial charge in [-0.3, -0.25) is 24.3 Å². The number of hydrogen-bond donors (Lipinski definition) is 0. The van der Waals surface area contributed by atoms with Crippen molar-refractivity contribution in [1.82, 2.24) is 9.47 Å². The van der Waals surface area contributed by atoms with Crippen molar-refractivity contribution in [2.75, 3.05) is 7.05 Å². The predicted molar refractivity (Wildman–Crippen MR) is 89.7 cm³/mol. The van der Waals surface area contributed by atoms with Gasteiger partial charge in [0.1, 0.15) is 18.2 Å². The molecule has 0 spiro atoms. The van der Waals surface area contributed by atoms with Crippen LogP contribution in [0.1, 0.15) is 24.1 Å². The average Bonchev–Trinajstić information content (AvgIpc) is 2.62. The van der Waals surface area contributed by atoms with E-state index in [0.717, 1.165) is 22.4 Å². The number of nitro groups is 1. The van der Waals surface area contributed by atoms with Gasteiger partial charge in [-0.05, 0) is 12.5 Å². The summed E-state index contributed by atoms with van der Waals surface area (Å²) >= 11 is 0. The Morgan fingerprint density at radius 3 is 2.60 bits per heavy atom. The van der Waals surface area contributed by atoms with Gasteiger partial charge < -0.3 is 4.90 Å². The summed E-state index contributed by atoms with van der Waals surface area (Å²) in [6, 6.07) is 11.6. The Bertz CT molecular complexity index is 899. The molecular formula is C17H16N4O4. The standard InChI is InChI=1S/C17H16N4O4/c1-12(13-6-4-3-5-7-13)19(2)16(22)11-20-10-15(21(24)25)8-14(9-18)17(20)23/h3-8,10,12H,11H2,1-2H3/t12-/m1/s1. The van der Waals surface area contributed by atoms with Gasteiger partial charge in [0.15, 0.2) is 0 Å². The van der Waals surface area contributed by atoms with Crippen molar-refractivity contribution in [2.45, 2.75) is 19.5 Å². The molecule has 0 saturated heterocycles. The maximum Gasteiger partial charge on any atom is 0.287 e. The number of amides is 1. The van der Waals surface area contributed by atoms with Crippen LogP contribution in [0, 0.1) is 21.4 Å². The predicted octanol–water partition coefficient (Wildman–Crippen LogP) is 1.85. The number of carbonyl (C=O) groups excluding carboxylic acids is 1. The Morgan fingerprint density at radius 1 is 1.40 bits per heavy atom. The summed E-state index contributed by atoms with van der Waals surface area (Å²) < 4.78 is 0.896. The van der Waals surface area contributed by atoms with Gasteiger partial charge in [-0.1, -0.05) is 30.3 Å². The molecule has 2 aromatic rings. The van der Waals surface area contributed by atoms with Crippen molar-refractivity contribution in [3.05, 3.63) is 74.2 Å². The number of pyridine rings is 1. The summed E-state index contributed by atoms with van der Waals surface area (Å²) in [5, 5.41) is 19.9. The van der Waals surface area contributed by atoms with Crippen molar-refractivity contribution >= 4 is 11.6 Å². The van der Waals surface area contributed by atoms with Crippen molar-refractivity contribution in [3.8, 4) is 6.07 Å². The molecule has 1 amide bonds. The smallest absolute Gasteiger partial charge is 0.287 e. The summed E-state index contributed by atoms with van der Waals surface area (Å²) in [4.78, 5) is 36.3. The summed E-state index contributed by atoms with van der Waals surface area (Å²) in [6.45, 7) is 1.45. The van der Waals surface area contributed by atoms with Crippen LogP contribution in [0.5, 0.6) is 0 Å². The molecule has 1 atom stereocenters. The molecule has 2 rings (SSSR count). The lowest BCUT2D eigenvalue weighted by atomic mass is 10.1. The number of hydrogen-bond acceptors (Lipinski definition) is 5. The molecule has 0 fully saturated rings. The van der Waals surface area contributed by atoms with Crippen LogP contribution in [-0.4, -0.2) is 27.3 Å². The highest BCUT2D eigenvalue weighted by Crippen LogP contribution is 2.18. The molecular weight excluding hydrogens is 324 g/mol. The third-order valence-corrected chi connectivity index (χ3v) is 3.96. The molecule has 128 valence electrons. The molecule has 0 aliphatic rings. The van der Waals surface area contributed by atoms with E-state index < -0.39 is 22.1 Å². The topological polar surface area (TPSA) is 109 Å². The number of nitrogens with zero attached hydrogens (tertiary/aromatic N) is 4. The Hall–Kier alpha value is -3.47. The maximum absolute atomic E-state index is 12.5. The number of carbonyl (C=O) groups is 1. The molecule has 25 heavy (non-hydrogen) atoms. The van der Waals surface area contributed by atoms with E-state index in [4.69, 9.17) is 5.26 Å². The monoisotopic (exact) mass is 340 g/mol. The van der Waals surface area contributed by atoms with Gasteiger partial charge in [-0.15, -0.1) is 0 Å². The highest BCUT2D eigenvalue weighted by Gasteiger charge is 2.20. The zero-order valence-electron chi connectivity index (χ0n) is 13.7. The molecule has 1 aromatic carbocycles. The van der Waals surface area contributed by atoms with Crippen LogP contribution < -0.4 is 5.56 Å². The second-order valence-electron chi connectivity index (χ2n) is 5.51. The van der Waals surface area contributed by atoms with E-state index in [1.807, 2.05) is 37.3 Å². The Kier molecular flexibility index (Phi) is 5.29. The fourth-order valence-corrected chi connectivity index (χ4v) is 2.35. The Labute approximate surface area is 143 Å². The third-order valence-electron chi connectivity index (χ3n) is 3.96. The number of benzene rings is 1. The molecule has 0 N–H and O–H groups in total. The van der Waals surface area contributed by atoms with E-state index in [1.165, 1.54) is 4.90 Å². The number of likely N-dealkylation sites (N-methyl/N-ethyl adjacent to an activating group) is 1. The highest BCUT2D eigenvalue weighted by molar-refractivity contribution is 5.76. The van der Waals surface area contributed by atoms with Gasteiger partial charge in [0.25, 0.3) is 11.2 Å². The number of nitriles is 1. The van der Waals surface area contributed by atoms with E-state index in [0.29, 0.717) is 0 Å². The van der Waals surface area contributed by atoms with Crippen LogP contribution in [0.4, 0.5) is 5.69 Å². The van der Waals surface area contributed by atoms with Gasteiger partial charge >= 0.3 is 0 Å². The summed E-state index contributed by atoms with van der Waals surface area (Å²) in [5.41, 5.74) is -0.604. The van der Waals surface area contributed by atoms with E-state index in [1.54, 1.807) is 13.1 Å². The minimum absolute atomic E-state index is 0.237. The first kappa shape index (κ1) is 17.9. The zero-order valence-corrected chi connectivity index (χ0v) is 13.7. The van der Waals surface area contributed by atoms with Crippen LogP contribution in [0.15, 0.2) is 47.4 Å². The normalized spacial score (nSPS) is 11.4. The number of rotatable bonds is 5. The molecule has 0 saturated carbocycles. The lowest BCUT2D eigenvalue weighted by Gasteiger charge is -2.25. The van der Waals surface area contributed by atoms with Gasteiger partial charge in [0.05, 0.1) is 17.2 Å². The molecule has 8 heteroatoms. The van der Waals surface area contributed by atoms with E-state index in [9.17, 15) is 19.7 Å². The van der Waals surface area contributed by atoms with Crippen LogP contribution in [0.25, 0.3) is 0 Å². The fraction of sp³-hybridized carbons (Fsp3) is 0.235. The first-order valence-corrected chi connectivity index (χ1v) is 7.44. The van der Waals surface area contributed by atoms with Crippen LogP contribution in [0.3, 0.4) is 0 Å². The average molecular weight is 340 g/mol. The van der Waals surface area contributed by atoms with E-state index in [-0.39, 0.29) is 18.2 Å². The molecule has 0 aliphatic carbocycles. The lowest BCUT2D eigenvalue weighted by Crippen LogP contribution is -2.36. The number of aromatic nitrogens is 1. The zero-order chi connectivity index (χ0) is 18.6. The van der Waals surface area contributed by atoms with Crippen molar-refractivity contribution in [3.63, 3.8) is 0 Å². The molecule has 0 bridgehead atoms. The molecule has 8 nitrogen and oxygen atoms in total. The van der Waals surface area contributed by atoms with E-state index in [2.05, 4.69) is 0 Å². The molecule has 0 unspecified atom stereocenters. The van der Waals surface area contributed by atoms with Gasteiger partial charge in [0.2, 0.25) is 5.91 Å². The van der Waals surface area contributed by atoms with Crippen molar-refractivity contribution in [2.24, 2.45) is 0 Å². The maximum atomic E-state index is 12.5. The first-order chi connectivity index (χ1) is 11.8. The van der Waals surface area contributed by atoms with Crippen molar-refractivity contribution in [1.29, 1.82) is 5.26 Å². The van der Waals surface area contributed by atoms with Gasteiger partial charge in [-0.25, -0.2) is 0 Å². The van der Waals surface area contributed by atoms with Gasteiger partial charge in [-0.2, -0.15) is 5.26 Å². The van der Waals surface area contributed by atoms with Crippen LogP contribution >= 0.6 is 0 Å². The minimum atomic E-state index is -0.734. The minimum Gasteiger partial charge on any atom is -0.337 e. The summed E-state index contributed by atoms with van der Waals surface area (Å²) in [6.07, 6.45) is 0.974. The SMILES string of the molecule is C[C@H](c1ccccc1)N(C)C(=O)Cn1cc([N+](=O)[O-])cc(C#N)c1=O. The highest BCUT2D eigenvalue weighted by atomic mass is 16.6. The molecule has 1 heterocycles. The van der Waals surface area contributed by atoms with E-state index >= 15 is 0 Å². The van der Waals surface area contributed by atoms with Crippen LogP contribution in [-0.2, 0) is 11.3 Å². The van der Waals surface area contributed by atoms with Gasteiger partial charge in [0, 0.05) is 13.1 Å². The second kappa shape index (κ2) is 7.40. The quantitative estimate of drug-likeness (QED) is 0.609. The lowest BCUT2D eigenvalue weighted by molar-refractivity contribution is -0.385. The largest absolute Gasteiger partial charge is 0.337 e. The molecule has 0 aliphatic heterocycles. The fourth-order valence-electron chi connectivity index (χ4n) is 2.35. The Morgan fingerprint density at radius 2 is 2.04 bits per heavy atom. The molecule has 1 aromatic heterocycles. The first-order valence-electron chi connectivity index (χ1n) is 7.44. The third kappa shape index (κ3) is 3.90.